The minimum Gasteiger partial charge on any atom is -0.478 e. The molecule has 0 bridgehead atoms. The third-order valence-electron chi connectivity index (χ3n) is 5.17. The molecule has 0 saturated carbocycles. The number of carboxylic acid groups (broad SMARTS) is 1. The van der Waals surface area contributed by atoms with Crippen molar-refractivity contribution in [3.05, 3.63) is 53.1 Å². The highest BCUT2D eigenvalue weighted by atomic mass is 16.4. The summed E-state index contributed by atoms with van der Waals surface area (Å²) in [6.45, 7) is 8.52. The van der Waals surface area contributed by atoms with Gasteiger partial charge in [-0.3, -0.25) is 0 Å². The van der Waals surface area contributed by atoms with Gasteiger partial charge in [-0.2, -0.15) is 0 Å². The summed E-state index contributed by atoms with van der Waals surface area (Å²) in [6, 6.07) is 7.25. The van der Waals surface area contributed by atoms with E-state index in [0.717, 1.165) is 31.5 Å². The lowest BCUT2D eigenvalue weighted by Crippen LogP contribution is -2.38. The number of aromatic carboxylic acids is 1. The fraction of sp³-hybridized carbons (Fsp3) is 0.565. The fourth-order valence-corrected chi connectivity index (χ4v) is 3.69. The Bertz CT molecular complexity index is 717. The van der Waals surface area contributed by atoms with Crippen molar-refractivity contribution in [3.63, 3.8) is 0 Å². The van der Waals surface area contributed by atoms with Crippen molar-refractivity contribution in [2.45, 2.75) is 85.2 Å². The van der Waals surface area contributed by atoms with Crippen molar-refractivity contribution in [1.29, 1.82) is 0 Å². The number of nitrogens with zero attached hydrogens (tertiary/aromatic N) is 2. The number of hydrogen-bond donors (Lipinski definition) is 1. The van der Waals surface area contributed by atoms with E-state index in [2.05, 4.69) is 36.1 Å². The van der Waals surface area contributed by atoms with E-state index in [0.29, 0.717) is 5.56 Å². The highest BCUT2D eigenvalue weighted by Gasteiger charge is 2.20. The lowest BCUT2D eigenvalue weighted by molar-refractivity contribution is -0.695. The summed E-state index contributed by atoms with van der Waals surface area (Å²) >= 11 is 0. The van der Waals surface area contributed by atoms with Crippen LogP contribution in [0.15, 0.2) is 30.5 Å². The summed E-state index contributed by atoms with van der Waals surface area (Å²) in [5.74, 6) is 0.523. The van der Waals surface area contributed by atoms with Gasteiger partial charge in [0.1, 0.15) is 18.4 Å². The first-order chi connectivity index (χ1) is 13.1. The molecule has 0 amide bonds. The largest absolute Gasteiger partial charge is 0.478 e. The number of carbonyl (C=O) groups is 1. The third kappa shape index (κ3) is 6.23. The summed E-state index contributed by atoms with van der Waals surface area (Å²) in [4.78, 5) is 11.0. The molecule has 0 spiro atoms. The maximum absolute atomic E-state index is 11.0. The van der Waals surface area contributed by atoms with Crippen LogP contribution in [0.1, 0.15) is 86.2 Å². The van der Waals surface area contributed by atoms with Crippen molar-refractivity contribution in [3.8, 4) is 0 Å². The van der Waals surface area contributed by atoms with E-state index in [9.17, 15) is 4.79 Å². The highest BCUT2D eigenvalue weighted by molar-refractivity contribution is 5.87. The molecule has 1 aromatic carbocycles. The Morgan fingerprint density at radius 1 is 1.00 bits per heavy atom. The standard InChI is InChI=1S/C23H34N2O2/c1-4-6-7-8-9-10-11-22-24(17-19(3)25(22)16-5-2)18-20-12-14-21(15-13-20)23(26)27/h12-15,17H,4-11,16,18H2,1-3H3/p+1. The topological polar surface area (TPSA) is 46.1 Å². The Hall–Kier alpha value is -2.10. The molecule has 0 aliphatic carbocycles. The maximum atomic E-state index is 11.0. The van der Waals surface area contributed by atoms with E-state index in [1.165, 1.54) is 50.0 Å². The Morgan fingerprint density at radius 2 is 1.67 bits per heavy atom. The number of unbranched alkanes of at least 4 members (excludes halogenated alkanes) is 5. The molecule has 1 heterocycles. The summed E-state index contributed by atoms with van der Waals surface area (Å²) in [5.41, 5.74) is 2.79. The summed E-state index contributed by atoms with van der Waals surface area (Å²) in [5, 5.41) is 9.07. The molecule has 0 aliphatic heterocycles. The van der Waals surface area contributed by atoms with Crippen LogP contribution in [0, 0.1) is 6.92 Å². The Labute approximate surface area is 163 Å². The van der Waals surface area contributed by atoms with E-state index >= 15 is 0 Å². The number of rotatable bonds is 12. The first-order valence-corrected chi connectivity index (χ1v) is 10.5. The molecule has 2 aromatic rings. The Balaban J connectivity index is 2.09. The molecule has 0 unspecified atom stereocenters. The summed E-state index contributed by atoms with van der Waals surface area (Å²) < 4.78 is 4.81. The van der Waals surface area contributed by atoms with E-state index in [-0.39, 0.29) is 0 Å². The monoisotopic (exact) mass is 371 g/mol. The van der Waals surface area contributed by atoms with Gasteiger partial charge in [-0.25, -0.2) is 13.9 Å². The molecule has 0 saturated heterocycles. The zero-order valence-corrected chi connectivity index (χ0v) is 17.2. The molecule has 0 atom stereocenters. The molecule has 2 rings (SSSR count). The normalized spacial score (nSPS) is 11.1. The average Bonchev–Trinajstić information content (AvgIpc) is 2.93. The van der Waals surface area contributed by atoms with Gasteiger partial charge in [-0.05, 0) is 30.5 Å². The molecule has 0 fully saturated rings. The van der Waals surface area contributed by atoms with Crippen LogP contribution in [-0.4, -0.2) is 15.6 Å². The second kappa shape index (κ2) is 10.9. The molecule has 148 valence electrons. The number of aryl methyl sites for hydroxylation is 1. The van der Waals surface area contributed by atoms with Crippen LogP contribution in [0.3, 0.4) is 0 Å². The number of carboxylic acids is 1. The van der Waals surface area contributed by atoms with Crippen LogP contribution < -0.4 is 4.57 Å². The first kappa shape index (κ1) is 21.2. The predicted molar refractivity (Wildman–Crippen MR) is 109 cm³/mol. The van der Waals surface area contributed by atoms with Crippen LogP contribution >= 0.6 is 0 Å². The smallest absolute Gasteiger partial charge is 0.335 e. The lowest BCUT2D eigenvalue weighted by atomic mass is 10.1. The first-order valence-electron chi connectivity index (χ1n) is 10.5. The number of hydrogen-bond acceptors (Lipinski definition) is 1. The van der Waals surface area contributed by atoms with Gasteiger partial charge in [0.15, 0.2) is 0 Å². The van der Waals surface area contributed by atoms with Gasteiger partial charge in [0.05, 0.1) is 12.1 Å². The molecular weight excluding hydrogens is 336 g/mol. The zero-order chi connectivity index (χ0) is 19.6. The average molecular weight is 372 g/mol. The van der Waals surface area contributed by atoms with Crippen molar-refractivity contribution in [2.75, 3.05) is 0 Å². The quantitative estimate of drug-likeness (QED) is 0.414. The van der Waals surface area contributed by atoms with Crippen LogP contribution in [0.5, 0.6) is 0 Å². The fourth-order valence-electron chi connectivity index (χ4n) is 3.69. The van der Waals surface area contributed by atoms with Gasteiger partial charge in [0.25, 0.3) is 5.82 Å². The number of aromatic nitrogens is 2. The van der Waals surface area contributed by atoms with Crippen molar-refractivity contribution < 1.29 is 14.5 Å². The van der Waals surface area contributed by atoms with Gasteiger partial charge in [-0.15, -0.1) is 0 Å². The molecule has 4 heteroatoms. The van der Waals surface area contributed by atoms with Crippen LogP contribution in [0.25, 0.3) is 0 Å². The van der Waals surface area contributed by atoms with E-state index in [1.807, 2.05) is 12.1 Å². The van der Waals surface area contributed by atoms with Crippen molar-refractivity contribution >= 4 is 5.97 Å². The van der Waals surface area contributed by atoms with Gasteiger partial charge >= 0.3 is 5.97 Å². The summed E-state index contributed by atoms with van der Waals surface area (Å²) in [6.07, 6.45) is 12.3. The van der Waals surface area contributed by atoms with Crippen molar-refractivity contribution in [2.24, 2.45) is 0 Å². The van der Waals surface area contributed by atoms with E-state index < -0.39 is 5.97 Å². The maximum Gasteiger partial charge on any atom is 0.335 e. The molecule has 4 nitrogen and oxygen atoms in total. The minimum absolute atomic E-state index is 0.343. The summed E-state index contributed by atoms with van der Waals surface area (Å²) in [7, 11) is 0. The van der Waals surface area contributed by atoms with E-state index in [1.54, 1.807) is 12.1 Å². The second-order valence-corrected chi connectivity index (χ2v) is 7.49. The van der Waals surface area contributed by atoms with E-state index in [4.69, 9.17) is 5.11 Å². The predicted octanol–water partition coefficient (Wildman–Crippen LogP) is 5.14. The van der Waals surface area contributed by atoms with Gasteiger partial charge in [0.2, 0.25) is 0 Å². The molecule has 0 aliphatic rings. The second-order valence-electron chi connectivity index (χ2n) is 7.49. The third-order valence-corrected chi connectivity index (χ3v) is 5.17. The Kier molecular flexibility index (Phi) is 8.56. The zero-order valence-electron chi connectivity index (χ0n) is 17.2. The SMILES string of the molecule is CCCCCCCCc1n(CCC)c(C)c[n+]1Cc1ccc(C(=O)O)cc1. The van der Waals surface area contributed by atoms with Gasteiger partial charge in [0, 0.05) is 13.3 Å². The van der Waals surface area contributed by atoms with Gasteiger partial charge in [-0.1, -0.05) is 58.1 Å². The lowest BCUT2D eigenvalue weighted by Gasteiger charge is -2.06. The molecule has 1 N–H and O–H groups in total. The number of benzene rings is 1. The molecule has 0 radical (unpaired) electrons. The molecular formula is C23H35N2O2+. The van der Waals surface area contributed by atoms with Crippen LogP contribution in [-0.2, 0) is 19.5 Å². The highest BCUT2D eigenvalue weighted by Crippen LogP contribution is 2.12. The van der Waals surface area contributed by atoms with Crippen LogP contribution in [0.2, 0.25) is 0 Å². The minimum atomic E-state index is -0.872. The number of imidazole rings is 1. The molecule has 1 aromatic heterocycles. The molecule has 27 heavy (non-hydrogen) atoms. The van der Waals surface area contributed by atoms with Gasteiger partial charge < -0.3 is 5.11 Å². The Morgan fingerprint density at radius 3 is 2.30 bits per heavy atom. The van der Waals surface area contributed by atoms with Crippen LogP contribution in [0.4, 0.5) is 0 Å². The van der Waals surface area contributed by atoms with Crippen molar-refractivity contribution in [1.82, 2.24) is 4.57 Å².